The minimum absolute atomic E-state index is 0.120. The highest BCUT2D eigenvalue weighted by Gasteiger charge is 2.22. The normalized spacial score (nSPS) is 22.4. The summed E-state index contributed by atoms with van der Waals surface area (Å²) in [6.07, 6.45) is 6.14. The molecule has 1 saturated carbocycles. The monoisotopic (exact) mass is 275 g/mol. The van der Waals surface area contributed by atoms with E-state index >= 15 is 0 Å². The maximum absolute atomic E-state index is 9.92. The van der Waals surface area contributed by atoms with E-state index in [1.165, 1.54) is 18.4 Å². The second-order valence-corrected chi connectivity index (χ2v) is 5.49. The van der Waals surface area contributed by atoms with Gasteiger partial charge < -0.3 is 15.2 Å². The Morgan fingerprint density at radius 1 is 1.25 bits per heavy atom. The fourth-order valence-electron chi connectivity index (χ4n) is 2.69. The Balaban J connectivity index is 1.72. The number of rotatable bonds is 7. The van der Waals surface area contributed by atoms with Crippen LogP contribution < -0.4 is 10.1 Å². The minimum atomic E-state index is -0.120. The average molecular weight is 275 g/mol. The first kappa shape index (κ1) is 15.1. The van der Waals surface area contributed by atoms with Crippen LogP contribution in [0.1, 0.15) is 31.2 Å². The summed E-state index contributed by atoms with van der Waals surface area (Å²) < 4.78 is 5.45. The number of hydrogen-bond acceptors (Lipinski definition) is 3. The van der Waals surface area contributed by atoms with E-state index < -0.39 is 0 Å². The summed E-state index contributed by atoms with van der Waals surface area (Å²) in [5.74, 6) is 1.29. The lowest BCUT2D eigenvalue weighted by Crippen LogP contribution is -2.33. The lowest BCUT2D eigenvalue weighted by molar-refractivity contribution is 0.0695. The number of hydrogen-bond donors (Lipinski definition) is 2. The second kappa shape index (κ2) is 8.08. The third-order valence-corrected chi connectivity index (χ3v) is 3.90. The van der Waals surface area contributed by atoms with E-state index in [4.69, 9.17) is 4.74 Å². The smallest absolute Gasteiger partial charge is 0.119 e. The van der Waals surface area contributed by atoms with Gasteiger partial charge in [-0.05, 0) is 36.5 Å². The molecule has 2 rings (SSSR count). The fourth-order valence-corrected chi connectivity index (χ4v) is 2.69. The number of nitrogens with one attached hydrogen (secondary N) is 1. The van der Waals surface area contributed by atoms with Crippen LogP contribution in [-0.2, 0) is 6.54 Å². The van der Waals surface area contributed by atoms with E-state index in [1.54, 1.807) is 6.08 Å². The van der Waals surface area contributed by atoms with Gasteiger partial charge in [-0.15, -0.1) is 0 Å². The Morgan fingerprint density at radius 2 is 2.00 bits per heavy atom. The van der Waals surface area contributed by atoms with Crippen LogP contribution in [0.5, 0.6) is 5.75 Å². The first-order valence-electron chi connectivity index (χ1n) is 7.51. The summed E-state index contributed by atoms with van der Waals surface area (Å²) in [4.78, 5) is 0. The van der Waals surface area contributed by atoms with Crippen LogP contribution in [-0.4, -0.2) is 24.4 Å². The van der Waals surface area contributed by atoms with Crippen molar-refractivity contribution in [1.82, 2.24) is 5.32 Å². The van der Waals surface area contributed by atoms with Crippen molar-refractivity contribution in [2.45, 2.75) is 38.3 Å². The van der Waals surface area contributed by atoms with Gasteiger partial charge in [0.1, 0.15) is 12.4 Å². The molecular formula is C17H25NO2. The molecule has 1 aromatic carbocycles. The van der Waals surface area contributed by atoms with Crippen LogP contribution in [0.4, 0.5) is 0 Å². The Labute approximate surface area is 121 Å². The zero-order valence-corrected chi connectivity index (χ0v) is 12.1. The zero-order chi connectivity index (χ0) is 14.2. The van der Waals surface area contributed by atoms with Crippen LogP contribution >= 0.6 is 0 Å². The van der Waals surface area contributed by atoms with Crippen molar-refractivity contribution < 1.29 is 9.84 Å². The van der Waals surface area contributed by atoms with Crippen LogP contribution in [0.2, 0.25) is 0 Å². The van der Waals surface area contributed by atoms with E-state index in [1.807, 2.05) is 12.1 Å². The molecule has 20 heavy (non-hydrogen) atoms. The van der Waals surface area contributed by atoms with E-state index in [-0.39, 0.29) is 6.10 Å². The standard InChI is InChI=1S/C17H25NO2/c1-2-11-20-16-9-7-14(8-10-16)12-18-13-15-5-3-4-6-17(15)19/h2,7-10,15,17-19H,1,3-6,11-13H2. The molecule has 1 aliphatic rings. The second-order valence-electron chi connectivity index (χ2n) is 5.49. The summed E-state index contributed by atoms with van der Waals surface area (Å²) in [5.41, 5.74) is 1.24. The van der Waals surface area contributed by atoms with Gasteiger partial charge >= 0.3 is 0 Å². The molecule has 0 heterocycles. The lowest BCUT2D eigenvalue weighted by Gasteiger charge is -2.27. The predicted molar refractivity (Wildman–Crippen MR) is 81.8 cm³/mol. The van der Waals surface area contributed by atoms with E-state index in [2.05, 4.69) is 24.0 Å². The Hall–Kier alpha value is -1.32. The molecule has 0 bridgehead atoms. The molecule has 110 valence electrons. The topological polar surface area (TPSA) is 41.5 Å². The molecule has 0 amide bonds. The van der Waals surface area contributed by atoms with E-state index in [0.717, 1.165) is 31.7 Å². The first-order chi connectivity index (χ1) is 9.79. The highest BCUT2D eigenvalue weighted by molar-refractivity contribution is 5.27. The van der Waals surface area contributed by atoms with Crippen LogP contribution in [0.15, 0.2) is 36.9 Å². The lowest BCUT2D eigenvalue weighted by atomic mass is 9.86. The number of ether oxygens (including phenoxy) is 1. The average Bonchev–Trinajstić information content (AvgIpc) is 2.48. The van der Waals surface area contributed by atoms with Crippen molar-refractivity contribution in [3.63, 3.8) is 0 Å². The van der Waals surface area contributed by atoms with Gasteiger partial charge in [0.15, 0.2) is 0 Å². The molecule has 0 saturated heterocycles. The third-order valence-electron chi connectivity index (χ3n) is 3.90. The Bertz CT molecular complexity index is 402. The molecule has 3 nitrogen and oxygen atoms in total. The third kappa shape index (κ3) is 4.66. The molecule has 1 aliphatic carbocycles. The fraction of sp³-hybridized carbons (Fsp3) is 0.529. The Kier molecular flexibility index (Phi) is 6.09. The van der Waals surface area contributed by atoms with Crippen molar-refractivity contribution in [1.29, 1.82) is 0 Å². The van der Waals surface area contributed by atoms with Crippen LogP contribution in [0, 0.1) is 5.92 Å². The predicted octanol–water partition coefficient (Wildman–Crippen LogP) is 2.89. The van der Waals surface area contributed by atoms with Gasteiger partial charge in [0, 0.05) is 13.1 Å². The van der Waals surface area contributed by atoms with Gasteiger partial charge in [-0.2, -0.15) is 0 Å². The number of aliphatic hydroxyl groups is 1. The minimum Gasteiger partial charge on any atom is -0.490 e. The molecule has 0 spiro atoms. The molecule has 0 radical (unpaired) electrons. The van der Waals surface area contributed by atoms with Crippen molar-refractivity contribution in [3.8, 4) is 5.75 Å². The Morgan fingerprint density at radius 3 is 2.70 bits per heavy atom. The van der Waals surface area contributed by atoms with Gasteiger partial charge in [-0.1, -0.05) is 37.6 Å². The van der Waals surface area contributed by atoms with Crippen molar-refractivity contribution in [3.05, 3.63) is 42.5 Å². The quantitative estimate of drug-likeness (QED) is 0.752. The maximum Gasteiger partial charge on any atom is 0.119 e. The van der Waals surface area contributed by atoms with Crippen LogP contribution in [0.3, 0.4) is 0 Å². The molecular weight excluding hydrogens is 250 g/mol. The number of aliphatic hydroxyl groups excluding tert-OH is 1. The molecule has 3 heteroatoms. The molecule has 1 aromatic rings. The molecule has 0 aromatic heterocycles. The summed E-state index contributed by atoms with van der Waals surface area (Å²) in [6, 6.07) is 8.11. The SMILES string of the molecule is C=CCOc1ccc(CNCC2CCCCC2O)cc1. The van der Waals surface area contributed by atoms with Crippen molar-refractivity contribution >= 4 is 0 Å². The van der Waals surface area contributed by atoms with E-state index in [0.29, 0.717) is 12.5 Å². The first-order valence-corrected chi connectivity index (χ1v) is 7.51. The summed E-state index contributed by atoms with van der Waals surface area (Å²) in [6.45, 7) is 5.90. The van der Waals surface area contributed by atoms with Crippen molar-refractivity contribution in [2.24, 2.45) is 5.92 Å². The maximum atomic E-state index is 9.92. The molecule has 0 aliphatic heterocycles. The summed E-state index contributed by atoms with van der Waals surface area (Å²) in [7, 11) is 0. The largest absolute Gasteiger partial charge is 0.490 e. The highest BCUT2D eigenvalue weighted by Crippen LogP contribution is 2.23. The van der Waals surface area contributed by atoms with E-state index in [9.17, 15) is 5.11 Å². The molecule has 2 unspecified atom stereocenters. The van der Waals surface area contributed by atoms with Gasteiger partial charge in [-0.25, -0.2) is 0 Å². The van der Waals surface area contributed by atoms with Gasteiger partial charge in [0.2, 0.25) is 0 Å². The summed E-state index contributed by atoms with van der Waals surface area (Å²) >= 11 is 0. The van der Waals surface area contributed by atoms with Gasteiger partial charge in [0.25, 0.3) is 0 Å². The molecule has 1 fully saturated rings. The molecule has 2 N–H and O–H groups in total. The van der Waals surface area contributed by atoms with Crippen molar-refractivity contribution in [2.75, 3.05) is 13.2 Å². The zero-order valence-electron chi connectivity index (χ0n) is 12.1. The van der Waals surface area contributed by atoms with Gasteiger partial charge in [-0.3, -0.25) is 0 Å². The summed E-state index contributed by atoms with van der Waals surface area (Å²) in [5, 5.41) is 13.4. The molecule has 2 atom stereocenters. The number of benzene rings is 1. The van der Waals surface area contributed by atoms with Gasteiger partial charge in [0.05, 0.1) is 6.10 Å². The highest BCUT2D eigenvalue weighted by atomic mass is 16.5. The van der Waals surface area contributed by atoms with Crippen LogP contribution in [0.25, 0.3) is 0 Å².